The van der Waals surface area contributed by atoms with Crippen LogP contribution in [0.1, 0.15) is 49.8 Å². The third-order valence-electron chi connectivity index (χ3n) is 4.73. The predicted molar refractivity (Wildman–Crippen MR) is 97.7 cm³/mol. The van der Waals surface area contributed by atoms with Crippen LogP contribution in [-0.4, -0.2) is 10.2 Å². The first kappa shape index (κ1) is 17.7. The lowest BCUT2D eigenvalue weighted by Crippen LogP contribution is -2.22. The number of nitriles is 1. The summed E-state index contributed by atoms with van der Waals surface area (Å²) < 4.78 is 5.53. The monoisotopic (exact) mass is 376 g/mol. The minimum atomic E-state index is -0.657. The van der Waals surface area contributed by atoms with E-state index in [4.69, 9.17) is 33.7 Å². The van der Waals surface area contributed by atoms with E-state index in [1.807, 2.05) is 33.8 Å². The van der Waals surface area contributed by atoms with E-state index in [0.717, 1.165) is 39.1 Å². The van der Waals surface area contributed by atoms with Gasteiger partial charge >= 0.3 is 0 Å². The molecule has 0 saturated carbocycles. The molecule has 2 heterocycles. The maximum atomic E-state index is 9.71. The molecule has 2 aromatic rings. The second-order valence-electron chi connectivity index (χ2n) is 6.26. The van der Waals surface area contributed by atoms with Gasteiger partial charge in [-0.2, -0.15) is 5.26 Å². The number of halogens is 2. The number of H-pyrrole nitrogens is 1. The summed E-state index contributed by atoms with van der Waals surface area (Å²) >= 11 is 12.4. The van der Waals surface area contributed by atoms with Crippen molar-refractivity contribution in [3.05, 3.63) is 56.6 Å². The molecular formula is C18H18Cl2N4O. The number of allylic oxidation sites excluding steroid dienone is 1. The van der Waals surface area contributed by atoms with Crippen LogP contribution >= 0.6 is 23.2 Å². The van der Waals surface area contributed by atoms with Crippen LogP contribution in [0, 0.1) is 39.0 Å². The van der Waals surface area contributed by atoms with Crippen molar-refractivity contribution < 1.29 is 4.74 Å². The summed E-state index contributed by atoms with van der Waals surface area (Å²) in [7, 11) is 0. The van der Waals surface area contributed by atoms with Gasteiger partial charge in [0.1, 0.15) is 16.5 Å². The fraction of sp³-hybridized carbons (Fsp3) is 0.333. The minimum absolute atomic E-state index is 0.0701. The van der Waals surface area contributed by atoms with Gasteiger partial charge in [-0.25, -0.2) is 0 Å². The molecule has 25 heavy (non-hydrogen) atoms. The Morgan fingerprint density at radius 3 is 2.52 bits per heavy atom. The standard InChI is InChI=1S/C18H18Cl2N4O/c1-7-5-8(2)13(16(19)20)9(3)12(7)15-11(6-21)17(22)25-18-14(15)10(4)23-24-18/h5,15-16H,22H2,1-4H3,(H,23,24)/t15-/m0/s1. The van der Waals surface area contributed by atoms with Gasteiger partial charge in [-0.05, 0) is 55.5 Å². The first-order valence-corrected chi connectivity index (χ1v) is 8.66. The van der Waals surface area contributed by atoms with Gasteiger partial charge in [0.25, 0.3) is 0 Å². The van der Waals surface area contributed by atoms with Gasteiger partial charge in [-0.15, -0.1) is 28.3 Å². The summed E-state index contributed by atoms with van der Waals surface area (Å²) in [5.41, 5.74) is 12.8. The topological polar surface area (TPSA) is 87.7 Å². The van der Waals surface area contributed by atoms with Crippen LogP contribution < -0.4 is 10.5 Å². The van der Waals surface area contributed by atoms with Crippen molar-refractivity contribution >= 4 is 23.2 Å². The summed E-state index contributed by atoms with van der Waals surface area (Å²) in [6, 6.07) is 4.23. The van der Waals surface area contributed by atoms with Crippen molar-refractivity contribution in [1.29, 1.82) is 5.26 Å². The van der Waals surface area contributed by atoms with Crippen molar-refractivity contribution in [2.24, 2.45) is 5.73 Å². The molecule has 0 aliphatic carbocycles. The number of aryl methyl sites for hydroxylation is 3. The van der Waals surface area contributed by atoms with Gasteiger partial charge in [-0.1, -0.05) is 6.07 Å². The molecule has 0 spiro atoms. The normalized spacial score (nSPS) is 16.6. The molecule has 0 saturated heterocycles. The Hall–Kier alpha value is -2.16. The Labute approximate surface area is 156 Å². The van der Waals surface area contributed by atoms with Crippen LogP contribution in [0.15, 0.2) is 17.5 Å². The maximum Gasteiger partial charge on any atom is 0.244 e. The molecule has 3 rings (SSSR count). The number of fused-ring (bicyclic) bond motifs is 1. The van der Waals surface area contributed by atoms with E-state index >= 15 is 0 Å². The smallest absolute Gasteiger partial charge is 0.244 e. The highest BCUT2D eigenvalue weighted by molar-refractivity contribution is 6.44. The number of benzene rings is 1. The molecule has 0 radical (unpaired) electrons. The quantitative estimate of drug-likeness (QED) is 0.763. The fourth-order valence-electron chi connectivity index (χ4n) is 3.68. The summed E-state index contributed by atoms with van der Waals surface area (Å²) in [6.45, 7) is 7.85. The number of rotatable bonds is 2. The van der Waals surface area contributed by atoms with Crippen molar-refractivity contribution in [3.8, 4) is 11.9 Å². The average molecular weight is 377 g/mol. The van der Waals surface area contributed by atoms with Crippen LogP contribution in [-0.2, 0) is 0 Å². The number of nitrogens with one attached hydrogen (secondary N) is 1. The first-order chi connectivity index (χ1) is 11.8. The molecule has 0 bridgehead atoms. The Morgan fingerprint density at radius 1 is 1.24 bits per heavy atom. The average Bonchev–Trinajstić information content (AvgIpc) is 2.86. The summed E-state index contributed by atoms with van der Waals surface area (Å²) in [6.07, 6.45) is 0. The molecule has 1 aliphatic heterocycles. The largest absolute Gasteiger partial charge is 0.420 e. The van der Waals surface area contributed by atoms with Crippen LogP contribution in [0.5, 0.6) is 5.88 Å². The minimum Gasteiger partial charge on any atom is -0.420 e. The SMILES string of the molecule is Cc1cc(C)c([C@@H]2C(C#N)=C(N)Oc3n[nH]c(C)c32)c(C)c1C(Cl)Cl. The van der Waals surface area contributed by atoms with Crippen molar-refractivity contribution in [2.75, 3.05) is 0 Å². The van der Waals surface area contributed by atoms with E-state index in [2.05, 4.69) is 16.3 Å². The van der Waals surface area contributed by atoms with Crippen LogP contribution in [0.2, 0.25) is 0 Å². The number of nitrogens with two attached hydrogens (primary N) is 1. The predicted octanol–water partition coefficient (Wildman–Crippen LogP) is 4.34. The second kappa shape index (κ2) is 6.29. The Kier molecular flexibility index (Phi) is 4.44. The molecule has 130 valence electrons. The van der Waals surface area contributed by atoms with Crippen molar-refractivity contribution in [2.45, 2.75) is 38.4 Å². The molecule has 0 unspecified atom stereocenters. The molecule has 1 aromatic heterocycles. The number of hydrogen-bond donors (Lipinski definition) is 2. The highest BCUT2D eigenvalue weighted by atomic mass is 35.5. The number of nitrogens with zero attached hydrogens (tertiary/aromatic N) is 2. The molecule has 1 aliphatic rings. The van der Waals surface area contributed by atoms with E-state index in [1.54, 1.807) is 0 Å². The van der Waals surface area contributed by atoms with Gasteiger partial charge in [0, 0.05) is 11.3 Å². The third-order valence-corrected chi connectivity index (χ3v) is 5.16. The fourth-order valence-corrected chi connectivity index (χ4v) is 4.36. The van der Waals surface area contributed by atoms with Crippen molar-refractivity contribution in [1.82, 2.24) is 10.2 Å². The lowest BCUT2D eigenvalue weighted by atomic mass is 9.78. The van der Waals surface area contributed by atoms with Crippen molar-refractivity contribution in [3.63, 3.8) is 0 Å². The molecule has 0 fully saturated rings. The molecular weight excluding hydrogens is 359 g/mol. The number of hydrogen-bond acceptors (Lipinski definition) is 4. The second-order valence-corrected chi connectivity index (χ2v) is 7.35. The lowest BCUT2D eigenvalue weighted by Gasteiger charge is -2.28. The lowest BCUT2D eigenvalue weighted by molar-refractivity contribution is 0.378. The Bertz CT molecular complexity index is 938. The van der Waals surface area contributed by atoms with Gasteiger partial charge < -0.3 is 10.5 Å². The van der Waals surface area contributed by atoms with Crippen LogP contribution in [0.4, 0.5) is 0 Å². The van der Waals surface area contributed by atoms with Gasteiger partial charge in [0.05, 0.1) is 5.92 Å². The summed E-state index contributed by atoms with van der Waals surface area (Å²) in [5.74, 6) is 0.0906. The van der Waals surface area contributed by atoms with Crippen LogP contribution in [0.3, 0.4) is 0 Å². The molecule has 7 heteroatoms. The van der Waals surface area contributed by atoms with E-state index in [9.17, 15) is 5.26 Å². The van der Waals surface area contributed by atoms with E-state index in [0.29, 0.717) is 11.5 Å². The maximum absolute atomic E-state index is 9.71. The molecule has 1 atom stereocenters. The van der Waals surface area contributed by atoms with E-state index in [1.165, 1.54) is 0 Å². The number of aromatic amines is 1. The highest BCUT2D eigenvalue weighted by Gasteiger charge is 2.36. The number of alkyl halides is 2. The zero-order valence-electron chi connectivity index (χ0n) is 14.4. The van der Waals surface area contributed by atoms with Gasteiger partial charge in [0.2, 0.25) is 11.8 Å². The number of aromatic nitrogens is 2. The number of ether oxygens (including phenoxy) is 1. The van der Waals surface area contributed by atoms with Gasteiger partial charge in [-0.3, -0.25) is 5.10 Å². The summed E-state index contributed by atoms with van der Waals surface area (Å²) in [5, 5.41) is 16.8. The zero-order chi connectivity index (χ0) is 18.5. The molecule has 0 amide bonds. The van der Waals surface area contributed by atoms with E-state index < -0.39 is 4.84 Å². The van der Waals surface area contributed by atoms with Crippen LogP contribution in [0.25, 0.3) is 0 Å². The molecule has 1 aromatic carbocycles. The summed E-state index contributed by atoms with van der Waals surface area (Å²) in [4.78, 5) is -0.657. The molecule has 5 nitrogen and oxygen atoms in total. The first-order valence-electron chi connectivity index (χ1n) is 7.79. The van der Waals surface area contributed by atoms with Gasteiger partial charge in [0.15, 0.2) is 0 Å². The Balaban J connectivity index is 2.37. The van der Waals surface area contributed by atoms with E-state index in [-0.39, 0.29) is 11.8 Å². The third kappa shape index (κ3) is 2.66. The highest BCUT2D eigenvalue weighted by Crippen LogP contribution is 2.46. The zero-order valence-corrected chi connectivity index (χ0v) is 15.9. The molecule has 3 N–H and O–H groups in total. The Morgan fingerprint density at radius 2 is 1.92 bits per heavy atom.